The number of anilines is 3. The third kappa shape index (κ3) is 4.63. The number of hydrogen-bond acceptors (Lipinski definition) is 1. The SMILES string of the molecule is CC1(C)c2ccccc2-c2ccc(N(c3ccc(-c4cccc5ccccc45)cc3)c3cc4ccc5cccc6c7cccc8ccc9cccc(c(c3)c4c56)c9c87)cc21. The molecule has 0 atom stereocenters. The van der Waals surface area contributed by atoms with Crippen molar-refractivity contribution in [1.29, 1.82) is 0 Å². The highest BCUT2D eigenvalue weighted by Gasteiger charge is 2.36. The van der Waals surface area contributed by atoms with Gasteiger partial charge in [-0.2, -0.15) is 0 Å². The van der Waals surface area contributed by atoms with E-state index in [1.807, 2.05) is 0 Å². The standard InChI is InChI=1S/C59H39N/c1-59(2)53-22-6-5-17-47(53)48-32-31-43(35-54(48)59)60(42-29-27-37(28-30-42)46-18-7-12-36-11-3-4-16-45(36)46)44-33-41-26-25-40-14-9-20-50-49-19-8-13-38-23-24-39-15-10-21-51(57(39)55(38)49)52(34-44)58(41)56(40)50/h3-35H,1-2H3. The second-order valence-corrected chi connectivity index (χ2v) is 17.2. The lowest BCUT2D eigenvalue weighted by atomic mass is 9.82. The molecule has 12 aromatic rings. The van der Waals surface area contributed by atoms with Gasteiger partial charge in [-0.3, -0.25) is 0 Å². The first-order valence-electron chi connectivity index (χ1n) is 21.1. The van der Waals surface area contributed by atoms with E-state index >= 15 is 0 Å². The van der Waals surface area contributed by atoms with E-state index in [2.05, 4.69) is 219 Å². The Morgan fingerprint density at radius 1 is 0.300 bits per heavy atom. The number of rotatable bonds is 4. The van der Waals surface area contributed by atoms with Gasteiger partial charge in [-0.05, 0) is 145 Å². The molecule has 0 amide bonds. The van der Waals surface area contributed by atoms with Crippen molar-refractivity contribution in [1.82, 2.24) is 0 Å². The van der Waals surface area contributed by atoms with E-state index in [1.165, 1.54) is 109 Å². The van der Waals surface area contributed by atoms with Gasteiger partial charge in [0.05, 0.1) is 0 Å². The molecule has 12 aromatic carbocycles. The Morgan fingerprint density at radius 2 is 0.800 bits per heavy atom. The second-order valence-electron chi connectivity index (χ2n) is 17.2. The molecule has 13 rings (SSSR count). The van der Waals surface area contributed by atoms with E-state index in [9.17, 15) is 0 Å². The molecule has 1 nitrogen and oxygen atoms in total. The van der Waals surface area contributed by atoms with Gasteiger partial charge >= 0.3 is 0 Å². The van der Waals surface area contributed by atoms with Crippen molar-refractivity contribution >= 4 is 92.5 Å². The van der Waals surface area contributed by atoms with E-state index in [-0.39, 0.29) is 5.41 Å². The van der Waals surface area contributed by atoms with Gasteiger partial charge in [0.15, 0.2) is 0 Å². The van der Waals surface area contributed by atoms with Crippen LogP contribution in [0.3, 0.4) is 0 Å². The normalized spacial score (nSPS) is 13.3. The number of fused-ring (bicyclic) bond motifs is 6. The van der Waals surface area contributed by atoms with E-state index in [0.29, 0.717) is 0 Å². The molecule has 0 heterocycles. The minimum atomic E-state index is -0.131. The summed E-state index contributed by atoms with van der Waals surface area (Å²) in [6.07, 6.45) is 0. The minimum Gasteiger partial charge on any atom is -0.310 e. The fourth-order valence-electron chi connectivity index (χ4n) is 10.9. The van der Waals surface area contributed by atoms with E-state index in [0.717, 1.165) is 17.1 Å². The van der Waals surface area contributed by atoms with Crippen LogP contribution >= 0.6 is 0 Å². The lowest BCUT2D eigenvalue weighted by Gasteiger charge is -2.29. The highest BCUT2D eigenvalue weighted by atomic mass is 15.1. The molecule has 0 aromatic heterocycles. The molecule has 60 heavy (non-hydrogen) atoms. The zero-order chi connectivity index (χ0) is 39.7. The predicted molar refractivity (Wildman–Crippen MR) is 258 cm³/mol. The van der Waals surface area contributed by atoms with Crippen molar-refractivity contribution in [3.63, 3.8) is 0 Å². The number of hydrogen-bond donors (Lipinski definition) is 0. The molecule has 0 saturated heterocycles. The molecule has 1 aliphatic carbocycles. The van der Waals surface area contributed by atoms with Crippen molar-refractivity contribution in [2.24, 2.45) is 0 Å². The Balaban J connectivity index is 1.12. The maximum atomic E-state index is 2.49. The van der Waals surface area contributed by atoms with Crippen LogP contribution in [-0.4, -0.2) is 0 Å². The molecule has 280 valence electrons. The average molecular weight is 762 g/mol. The van der Waals surface area contributed by atoms with Crippen LogP contribution in [0.5, 0.6) is 0 Å². The molecule has 0 radical (unpaired) electrons. The molecular formula is C59H39N. The Morgan fingerprint density at radius 3 is 1.52 bits per heavy atom. The summed E-state index contributed by atoms with van der Waals surface area (Å²) >= 11 is 0. The Bertz CT molecular complexity index is 3730. The quantitative estimate of drug-likeness (QED) is 0.161. The van der Waals surface area contributed by atoms with Gasteiger partial charge in [-0.15, -0.1) is 0 Å². The largest absolute Gasteiger partial charge is 0.310 e. The lowest BCUT2D eigenvalue weighted by molar-refractivity contribution is 0.660. The van der Waals surface area contributed by atoms with Gasteiger partial charge in [0.2, 0.25) is 0 Å². The van der Waals surface area contributed by atoms with Crippen LogP contribution in [-0.2, 0) is 5.41 Å². The highest BCUT2D eigenvalue weighted by molar-refractivity contribution is 6.37. The van der Waals surface area contributed by atoms with Crippen molar-refractivity contribution in [3.8, 4) is 22.3 Å². The smallest absolute Gasteiger partial charge is 0.0474 e. The molecule has 0 spiro atoms. The van der Waals surface area contributed by atoms with Gasteiger partial charge in [0.25, 0.3) is 0 Å². The summed E-state index contributed by atoms with van der Waals surface area (Å²) in [5.41, 5.74) is 11.1. The zero-order valence-electron chi connectivity index (χ0n) is 33.5. The van der Waals surface area contributed by atoms with Crippen LogP contribution in [0.15, 0.2) is 200 Å². The molecule has 0 fully saturated rings. The first kappa shape index (κ1) is 33.5. The molecule has 1 heteroatoms. The van der Waals surface area contributed by atoms with Crippen molar-refractivity contribution < 1.29 is 0 Å². The monoisotopic (exact) mass is 761 g/mol. The van der Waals surface area contributed by atoms with Gasteiger partial charge in [0.1, 0.15) is 0 Å². The molecule has 0 unspecified atom stereocenters. The highest BCUT2D eigenvalue weighted by Crippen LogP contribution is 2.52. The zero-order valence-corrected chi connectivity index (χ0v) is 33.5. The third-order valence-corrected chi connectivity index (χ3v) is 13.7. The van der Waals surface area contributed by atoms with E-state index in [1.54, 1.807) is 0 Å². The van der Waals surface area contributed by atoms with Gasteiger partial charge < -0.3 is 4.90 Å². The minimum absolute atomic E-state index is 0.131. The van der Waals surface area contributed by atoms with Gasteiger partial charge in [-0.25, -0.2) is 0 Å². The Kier molecular flexibility index (Phi) is 6.85. The van der Waals surface area contributed by atoms with Crippen molar-refractivity contribution in [2.75, 3.05) is 4.90 Å². The summed E-state index contributed by atoms with van der Waals surface area (Å²) in [6, 6.07) is 75.3. The van der Waals surface area contributed by atoms with Gasteiger partial charge in [-0.1, -0.05) is 178 Å². The number of nitrogens with zero attached hydrogens (tertiary/aromatic N) is 1. The fraction of sp³-hybridized carbons (Fsp3) is 0.0508. The topological polar surface area (TPSA) is 3.24 Å². The van der Waals surface area contributed by atoms with Crippen LogP contribution in [0.2, 0.25) is 0 Å². The van der Waals surface area contributed by atoms with Crippen LogP contribution in [0.1, 0.15) is 25.0 Å². The molecule has 1 aliphatic rings. The average Bonchev–Trinajstić information content (AvgIpc) is 3.52. The van der Waals surface area contributed by atoms with Crippen LogP contribution in [0, 0.1) is 0 Å². The van der Waals surface area contributed by atoms with Crippen molar-refractivity contribution in [2.45, 2.75) is 19.3 Å². The summed E-state index contributed by atoms with van der Waals surface area (Å²) in [6.45, 7) is 4.75. The maximum absolute atomic E-state index is 2.49. The Labute approximate surface area is 348 Å². The van der Waals surface area contributed by atoms with Crippen LogP contribution in [0.4, 0.5) is 17.1 Å². The summed E-state index contributed by atoms with van der Waals surface area (Å²) in [4.78, 5) is 2.49. The van der Waals surface area contributed by atoms with E-state index < -0.39 is 0 Å². The second kappa shape index (κ2) is 12.3. The van der Waals surface area contributed by atoms with Crippen molar-refractivity contribution in [3.05, 3.63) is 211 Å². The maximum Gasteiger partial charge on any atom is 0.0474 e. The van der Waals surface area contributed by atoms with E-state index in [4.69, 9.17) is 0 Å². The lowest BCUT2D eigenvalue weighted by Crippen LogP contribution is -2.16. The molecule has 0 N–H and O–H groups in total. The first-order valence-corrected chi connectivity index (χ1v) is 21.1. The third-order valence-electron chi connectivity index (χ3n) is 13.7. The predicted octanol–water partition coefficient (Wildman–Crippen LogP) is 16.6. The molecular weight excluding hydrogens is 723 g/mol. The van der Waals surface area contributed by atoms with Crippen LogP contribution < -0.4 is 4.90 Å². The summed E-state index contributed by atoms with van der Waals surface area (Å²) < 4.78 is 0. The summed E-state index contributed by atoms with van der Waals surface area (Å²) in [5.74, 6) is 0. The summed E-state index contributed by atoms with van der Waals surface area (Å²) in [5, 5.41) is 17.9. The molecule has 0 saturated carbocycles. The Hall–Kier alpha value is -7.48. The van der Waals surface area contributed by atoms with Gasteiger partial charge in [0, 0.05) is 22.5 Å². The number of benzene rings is 11. The molecule has 0 aliphatic heterocycles. The summed E-state index contributed by atoms with van der Waals surface area (Å²) in [7, 11) is 0. The van der Waals surface area contributed by atoms with Crippen LogP contribution in [0.25, 0.3) is 97.7 Å². The first-order chi connectivity index (χ1) is 29.5. The fourth-order valence-corrected chi connectivity index (χ4v) is 10.9. The molecule has 0 bridgehead atoms.